The molecule has 0 bridgehead atoms. The van der Waals surface area contributed by atoms with Crippen molar-refractivity contribution >= 4 is 6.21 Å². The lowest BCUT2D eigenvalue weighted by molar-refractivity contribution is -0.508. The third kappa shape index (κ3) is 2.82. The monoisotopic (exact) mass is 244 g/mol. The van der Waals surface area contributed by atoms with E-state index in [0.717, 1.165) is 0 Å². The zero-order chi connectivity index (χ0) is 13.0. The lowest BCUT2D eigenvalue weighted by atomic mass is 10.1. The molecule has 0 fully saturated rings. The third-order valence-corrected chi connectivity index (χ3v) is 2.59. The van der Waals surface area contributed by atoms with Gasteiger partial charge in [-0.2, -0.15) is 0 Å². The number of benzene rings is 1. The van der Waals surface area contributed by atoms with Crippen LogP contribution in [-0.2, 0) is 0 Å². The van der Waals surface area contributed by atoms with Gasteiger partial charge in [-0.3, -0.25) is 15.1 Å². The van der Waals surface area contributed by atoms with E-state index < -0.39 is 6.04 Å². The van der Waals surface area contributed by atoms with Gasteiger partial charge >= 0.3 is 0 Å². The van der Waals surface area contributed by atoms with Crippen molar-refractivity contribution in [2.75, 3.05) is 0 Å². The predicted molar refractivity (Wildman–Crippen MR) is 68.3 cm³/mol. The molecule has 2 rings (SSSR count). The second-order valence-electron chi connectivity index (χ2n) is 3.90. The topological polar surface area (TPSA) is 75.7 Å². The summed E-state index contributed by atoms with van der Waals surface area (Å²) in [5, 5.41) is 20.2. The smallest absolute Gasteiger partial charge is 0.237 e. The van der Waals surface area contributed by atoms with Crippen molar-refractivity contribution in [2.45, 2.75) is 12.5 Å². The average molecular weight is 244 g/mol. The molecule has 1 aliphatic carbocycles. The zero-order valence-electron chi connectivity index (χ0n) is 9.56. The Morgan fingerprint density at radius 3 is 2.94 bits per heavy atom. The van der Waals surface area contributed by atoms with Crippen LogP contribution in [0, 0.1) is 10.1 Å². The Bertz CT molecular complexity index is 547. The maximum Gasteiger partial charge on any atom is 0.237 e. The molecular formula is C13H12N2O3. The van der Waals surface area contributed by atoms with Crippen LogP contribution in [0.3, 0.4) is 0 Å². The summed E-state index contributed by atoms with van der Waals surface area (Å²) in [6, 6.07) is 6.07. The van der Waals surface area contributed by atoms with Crippen molar-refractivity contribution in [1.82, 2.24) is 0 Å². The highest BCUT2D eigenvalue weighted by Gasteiger charge is 2.18. The van der Waals surface area contributed by atoms with Crippen molar-refractivity contribution in [3.8, 4) is 5.75 Å². The number of nitrogens with zero attached hydrogens (tertiary/aromatic N) is 2. The maximum absolute atomic E-state index is 10.7. The molecule has 1 aliphatic rings. The Morgan fingerprint density at radius 2 is 2.22 bits per heavy atom. The van der Waals surface area contributed by atoms with Gasteiger partial charge < -0.3 is 5.11 Å². The number of hydrogen-bond acceptors (Lipinski definition) is 4. The number of aromatic hydroxyl groups is 1. The van der Waals surface area contributed by atoms with Gasteiger partial charge in [0.2, 0.25) is 6.04 Å². The molecule has 0 saturated carbocycles. The van der Waals surface area contributed by atoms with E-state index in [1.807, 2.05) is 0 Å². The molecule has 0 spiro atoms. The molecule has 0 aliphatic heterocycles. The lowest BCUT2D eigenvalue weighted by Gasteiger charge is -2.07. The van der Waals surface area contributed by atoms with Gasteiger partial charge in [-0.1, -0.05) is 18.2 Å². The van der Waals surface area contributed by atoms with E-state index in [1.54, 1.807) is 36.4 Å². The van der Waals surface area contributed by atoms with Crippen LogP contribution in [0.25, 0.3) is 0 Å². The van der Waals surface area contributed by atoms with Gasteiger partial charge in [0.25, 0.3) is 0 Å². The summed E-state index contributed by atoms with van der Waals surface area (Å²) < 4.78 is 0. The normalized spacial score (nSPS) is 18.9. The summed E-state index contributed by atoms with van der Waals surface area (Å²) in [6.45, 7) is 0. The first-order valence-corrected chi connectivity index (χ1v) is 5.51. The summed E-state index contributed by atoms with van der Waals surface area (Å²) in [5.74, 6) is 0.132. The van der Waals surface area contributed by atoms with Crippen molar-refractivity contribution in [3.63, 3.8) is 0 Å². The summed E-state index contributed by atoms with van der Waals surface area (Å²) in [5.41, 5.74) is 1.11. The minimum absolute atomic E-state index is 0.132. The molecule has 18 heavy (non-hydrogen) atoms. The number of nitro groups is 1. The number of phenolic OH excluding ortho intramolecular Hbond substituents is 1. The molecule has 1 N–H and O–H groups in total. The van der Waals surface area contributed by atoms with Gasteiger partial charge in [-0.15, -0.1) is 0 Å². The summed E-state index contributed by atoms with van der Waals surface area (Å²) >= 11 is 0. The summed E-state index contributed by atoms with van der Waals surface area (Å²) in [4.78, 5) is 14.5. The highest BCUT2D eigenvalue weighted by molar-refractivity contribution is 5.84. The van der Waals surface area contributed by atoms with Crippen LogP contribution in [0.1, 0.15) is 12.0 Å². The van der Waals surface area contributed by atoms with Crippen LogP contribution in [0.5, 0.6) is 5.75 Å². The number of aliphatic imine (C=N–C) groups is 1. The quantitative estimate of drug-likeness (QED) is 0.503. The molecular weight excluding hydrogens is 232 g/mol. The fraction of sp³-hybridized carbons (Fsp3) is 0.154. The van der Waals surface area contributed by atoms with Crippen LogP contribution < -0.4 is 0 Å². The molecule has 5 nitrogen and oxygen atoms in total. The Kier molecular flexibility index (Phi) is 3.52. The second kappa shape index (κ2) is 5.27. The van der Waals surface area contributed by atoms with Gasteiger partial charge in [0.05, 0.1) is 5.70 Å². The average Bonchev–Trinajstić information content (AvgIpc) is 2.38. The van der Waals surface area contributed by atoms with Crippen LogP contribution in [0.4, 0.5) is 0 Å². The lowest BCUT2D eigenvalue weighted by Crippen LogP contribution is -2.17. The van der Waals surface area contributed by atoms with E-state index in [4.69, 9.17) is 0 Å². The van der Waals surface area contributed by atoms with E-state index in [1.165, 1.54) is 12.3 Å². The Labute approximate surface area is 104 Å². The molecule has 0 heterocycles. The van der Waals surface area contributed by atoms with E-state index >= 15 is 0 Å². The predicted octanol–water partition coefficient (Wildman–Crippen LogP) is 2.30. The van der Waals surface area contributed by atoms with Crippen LogP contribution in [0.2, 0.25) is 0 Å². The SMILES string of the molecule is O=[N+]([O-])C1C=C(N=Cc2ccccc2O)C=CC1. The van der Waals surface area contributed by atoms with Gasteiger partial charge in [0, 0.05) is 29.2 Å². The minimum atomic E-state index is -0.716. The first kappa shape index (κ1) is 12.0. The minimum Gasteiger partial charge on any atom is -0.507 e. The number of rotatable bonds is 3. The van der Waals surface area contributed by atoms with Crippen molar-refractivity contribution in [2.24, 2.45) is 4.99 Å². The molecule has 0 saturated heterocycles. The molecule has 1 atom stereocenters. The molecule has 0 radical (unpaired) electrons. The summed E-state index contributed by atoms with van der Waals surface area (Å²) in [7, 11) is 0. The van der Waals surface area contributed by atoms with Crippen LogP contribution in [-0.4, -0.2) is 22.3 Å². The van der Waals surface area contributed by atoms with E-state index in [9.17, 15) is 15.2 Å². The Hall–Kier alpha value is -2.43. The van der Waals surface area contributed by atoms with Crippen LogP contribution in [0.15, 0.2) is 53.2 Å². The van der Waals surface area contributed by atoms with Crippen molar-refractivity contribution < 1.29 is 10.0 Å². The Balaban J connectivity index is 2.17. The third-order valence-electron chi connectivity index (χ3n) is 2.59. The van der Waals surface area contributed by atoms with Gasteiger partial charge in [-0.05, 0) is 18.2 Å². The van der Waals surface area contributed by atoms with Crippen molar-refractivity contribution in [1.29, 1.82) is 0 Å². The zero-order valence-corrected chi connectivity index (χ0v) is 9.56. The fourth-order valence-electron chi connectivity index (χ4n) is 1.62. The second-order valence-corrected chi connectivity index (χ2v) is 3.90. The van der Waals surface area contributed by atoms with Gasteiger partial charge in [0.15, 0.2) is 0 Å². The largest absolute Gasteiger partial charge is 0.507 e. The van der Waals surface area contributed by atoms with Crippen molar-refractivity contribution in [3.05, 3.63) is 63.9 Å². The molecule has 1 aromatic carbocycles. The first-order chi connectivity index (χ1) is 8.66. The molecule has 1 aromatic rings. The van der Waals surface area contributed by atoms with Gasteiger partial charge in [-0.25, -0.2) is 0 Å². The highest BCUT2D eigenvalue weighted by atomic mass is 16.6. The first-order valence-electron chi connectivity index (χ1n) is 5.51. The number of allylic oxidation sites excluding steroid dienone is 1. The molecule has 92 valence electrons. The van der Waals surface area contributed by atoms with E-state index in [0.29, 0.717) is 17.7 Å². The number of hydrogen-bond donors (Lipinski definition) is 1. The molecule has 0 amide bonds. The van der Waals surface area contributed by atoms with Crippen LogP contribution >= 0.6 is 0 Å². The van der Waals surface area contributed by atoms with E-state index in [-0.39, 0.29) is 10.7 Å². The molecule has 0 aromatic heterocycles. The maximum atomic E-state index is 10.7. The Morgan fingerprint density at radius 1 is 1.44 bits per heavy atom. The number of phenols is 1. The molecule has 1 unspecified atom stereocenters. The fourth-order valence-corrected chi connectivity index (χ4v) is 1.62. The number of para-hydroxylation sites is 1. The summed E-state index contributed by atoms with van der Waals surface area (Å²) in [6.07, 6.45) is 6.86. The van der Waals surface area contributed by atoms with E-state index in [2.05, 4.69) is 4.99 Å². The molecule has 5 heteroatoms. The highest BCUT2D eigenvalue weighted by Crippen LogP contribution is 2.16. The van der Waals surface area contributed by atoms with Gasteiger partial charge in [0.1, 0.15) is 5.75 Å². The standard InChI is InChI=1S/C13H12N2O3/c16-13-7-2-1-4-10(13)9-14-11-5-3-6-12(8-11)15(17)18/h1-5,7-9,12,16H,6H2.